The first-order valence-corrected chi connectivity index (χ1v) is 9.73. The van der Waals surface area contributed by atoms with E-state index in [1.165, 1.54) is 24.2 Å². The first-order valence-electron chi connectivity index (χ1n) is 8.75. The first kappa shape index (κ1) is 19.6. The molecule has 3 rings (SSSR count). The van der Waals surface area contributed by atoms with Gasteiger partial charge in [-0.1, -0.05) is 23.9 Å². The number of anilines is 2. The molecule has 0 spiro atoms. The number of nitrogens with zero attached hydrogens (tertiary/aromatic N) is 2. The molecule has 3 aromatic rings. The van der Waals surface area contributed by atoms with Gasteiger partial charge in [0.2, 0.25) is 11.1 Å². The number of amides is 1. The van der Waals surface area contributed by atoms with E-state index in [9.17, 15) is 9.59 Å². The second-order valence-electron chi connectivity index (χ2n) is 6.26. The largest absolute Gasteiger partial charge is 0.378 e. The van der Waals surface area contributed by atoms with E-state index >= 15 is 0 Å². The minimum absolute atomic E-state index is 0.00858. The van der Waals surface area contributed by atoms with Crippen molar-refractivity contribution in [3.05, 3.63) is 65.5 Å². The molecular weight excluding hydrogens is 374 g/mol. The number of thioether (sulfide) groups is 1. The fourth-order valence-electron chi connectivity index (χ4n) is 2.48. The number of aromatic nitrogens is 3. The number of carbonyl (C=O) groups excluding carboxylic acids is 2. The fourth-order valence-corrected chi connectivity index (χ4v) is 3.09. The summed E-state index contributed by atoms with van der Waals surface area (Å²) in [5.74, 6) is 0.719. The number of Topliss-reactive ketones (excluding diaryl/α,β-unsaturated/α-hetero) is 1. The van der Waals surface area contributed by atoms with Crippen molar-refractivity contribution >= 4 is 34.8 Å². The summed E-state index contributed by atoms with van der Waals surface area (Å²) in [5, 5.41) is 13.6. The van der Waals surface area contributed by atoms with Crippen molar-refractivity contribution in [2.24, 2.45) is 0 Å². The Kier molecular flexibility index (Phi) is 6.44. The Hall–Kier alpha value is -3.13. The molecule has 0 bridgehead atoms. The van der Waals surface area contributed by atoms with Gasteiger partial charge in [-0.05, 0) is 55.8 Å². The van der Waals surface area contributed by atoms with Gasteiger partial charge in [-0.3, -0.25) is 14.7 Å². The number of hydrogen-bond donors (Lipinski definition) is 3. The molecule has 28 heavy (non-hydrogen) atoms. The van der Waals surface area contributed by atoms with Crippen molar-refractivity contribution in [3.63, 3.8) is 0 Å². The van der Waals surface area contributed by atoms with Crippen molar-refractivity contribution in [2.45, 2.75) is 25.5 Å². The molecule has 0 atom stereocenters. The average Bonchev–Trinajstić information content (AvgIpc) is 3.13. The number of rotatable bonds is 8. The molecule has 0 radical (unpaired) electrons. The van der Waals surface area contributed by atoms with Gasteiger partial charge in [0, 0.05) is 16.9 Å². The third-order valence-corrected chi connectivity index (χ3v) is 4.74. The molecule has 3 N–H and O–H groups in total. The Morgan fingerprint density at radius 1 is 1.11 bits per heavy atom. The molecule has 7 nitrogen and oxygen atoms in total. The minimum Gasteiger partial charge on any atom is -0.378 e. The number of carbonyl (C=O) groups is 2. The molecule has 0 unspecified atom stereocenters. The zero-order chi connectivity index (χ0) is 19.9. The van der Waals surface area contributed by atoms with E-state index in [-0.39, 0.29) is 17.4 Å². The van der Waals surface area contributed by atoms with Gasteiger partial charge < -0.3 is 10.6 Å². The SMILES string of the molecule is CC(=O)c1ccc(NC(=O)CSc2n[nH]c(CNc3cccc(C)c3)n2)cc1. The maximum Gasteiger partial charge on any atom is 0.234 e. The Bertz CT molecular complexity index is 969. The second kappa shape index (κ2) is 9.18. The lowest BCUT2D eigenvalue weighted by Gasteiger charge is -2.05. The molecular formula is C20H21N5O2S. The van der Waals surface area contributed by atoms with Gasteiger partial charge in [0.15, 0.2) is 5.78 Å². The van der Waals surface area contributed by atoms with Gasteiger partial charge >= 0.3 is 0 Å². The first-order chi connectivity index (χ1) is 13.5. The van der Waals surface area contributed by atoms with E-state index in [2.05, 4.69) is 31.9 Å². The highest BCUT2D eigenvalue weighted by molar-refractivity contribution is 7.99. The minimum atomic E-state index is -0.162. The predicted molar refractivity (Wildman–Crippen MR) is 111 cm³/mol. The zero-order valence-corrected chi connectivity index (χ0v) is 16.5. The van der Waals surface area contributed by atoms with Gasteiger partial charge in [0.05, 0.1) is 12.3 Å². The number of nitrogens with one attached hydrogen (secondary N) is 3. The number of hydrogen-bond acceptors (Lipinski definition) is 6. The van der Waals surface area contributed by atoms with Crippen molar-refractivity contribution in [2.75, 3.05) is 16.4 Å². The maximum atomic E-state index is 12.1. The molecule has 2 aromatic carbocycles. The van der Waals surface area contributed by atoms with Crippen LogP contribution in [0.2, 0.25) is 0 Å². The maximum absolute atomic E-state index is 12.1. The van der Waals surface area contributed by atoms with Crippen LogP contribution in [0.15, 0.2) is 53.7 Å². The van der Waals surface area contributed by atoms with Crippen molar-refractivity contribution < 1.29 is 9.59 Å². The number of ketones is 1. The molecule has 0 fully saturated rings. The van der Waals surface area contributed by atoms with E-state index < -0.39 is 0 Å². The third-order valence-electron chi connectivity index (χ3n) is 3.90. The van der Waals surface area contributed by atoms with Crippen LogP contribution in [0.5, 0.6) is 0 Å². The lowest BCUT2D eigenvalue weighted by molar-refractivity contribution is -0.113. The van der Waals surface area contributed by atoms with Gasteiger partial charge in [-0.2, -0.15) is 0 Å². The van der Waals surface area contributed by atoms with E-state index in [1.54, 1.807) is 24.3 Å². The van der Waals surface area contributed by atoms with E-state index in [0.29, 0.717) is 28.8 Å². The quantitative estimate of drug-likeness (QED) is 0.398. The fraction of sp³-hybridized carbons (Fsp3) is 0.200. The van der Waals surface area contributed by atoms with Gasteiger partial charge in [-0.15, -0.1) is 5.10 Å². The highest BCUT2D eigenvalue weighted by atomic mass is 32.2. The lowest BCUT2D eigenvalue weighted by Crippen LogP contribution is -2.14. The Morgan fingerprint density at radius 3 is 2.61 bits per heavy atom. The smallest absolute Gasteiger partial charge is 0.234 e. The standard InChI is InChI=1S/C20H21N5O2S/c1-13-4-3-5-17(10-13)21-11-18-23-20(25-24-18)28-12-19(27)22-16-8-6-15(7-9-16)14(2)26/h3-10,21H,11-12H2,1-2H3,(H,22,27)(H,23,24,25). The summed E-state index contributed by atoms with van der Waals surface area (Å²) in [7, 11) is 0. The monoisotopic (exact) mass is 395 g/mol. The molecule has 0 aliphatic carbocycles. The predicted octanol–water partition coefficient (Wildman–Crippen LogP) is 3.66. The summed E-state index contributed by atoms with van der Waals surface area (Å²) >= 11 is 1.25. The van der Waals surface area contributed by atoms with Crippen LogP contribution in [0, 0.1) is 6.92 Å². The summed E-state index contributed by atoms with van der Waals surface area (Å²) in [5.41, 5.74) is 3.45. The van der Waals surface area contributed by atoms with Crippen LogP contribution in [0.3, 0.4) is 0 Å². The van der Waals surface area contributed by atoms with Crippen LogP contribution in [0.4, 0.5) is 11.4 Å². The molecule has 0 saturated carbocycles. The Labute approximate surface area is 167 Å². The summed E-state index contributed by atoms with van der Waals surface area (Å²) in [4.78, 5) is 27.7. The van der Waals surface area contributed by atoms with Crippen LogP contribution in [-0.4, -0.2) is 32.6 Å². The number of aromatic amines is 1. The van der Waals surface area contributed by atoms with Crippen LogP contribution in [0.25, 0.3) is 0 Å². The molecule has 144 valence electrons. The summed E-state index contributed by atoms with van der Waals surface area (Å²) < 4.78 is 0. The number of aryl methyl sites for hydroxylation is 1. The van der Waals surface area contributed by atoms with E-state index in [0.717, 1.165) is 5.69 Å². The van der Waals surface area contributed by atoms with Crippen LogP contribution < -0.4 is 10.6 Å². The van der Waals surface area contributed by atoms with Crippen molar-refractivity contribution in [3.8, 4) is 0 Å². The zero-order valence-electron chi connectivity index (χ0n) is 15.7. The highest BCUT2D eigenvalue weighted by Crippen LogP contribution is 2.15. The second-order valence-corrected chi connectivity index (χ2v) is 7.20. The lowest BCUT2D eigenvalue weighted by atomic mass is 10.1. The van der Waals surface area contributed by atoms with Gasteiger partial charge in [0.1, 0.15) is 5.82 Å². The summed E-state index contributed by atoms with van der Waals surface area (Å²) in [6.45, 7) is 4.06. The van der Waals surface area contributed by atoms with Crippen molar-refractivity contribution in [1.82, 2.24) is 15.2 Å². The molecule has 0 aliphatic heterocycles. The summed E-state index contributed by atoms with van der Waals surface area (Å²) in [6, 6.07) is 14.9. The van der Waals surface area contributed by atoms with Gasteiger partial charge in [0.25, 0.3) is 0 Å². The van der Waals surface area contributed by atoms with E-state index in [4.69, 9.17) is 0 Å². The van der Waals surface area contributed by atoms with Gasteiger partial charge in [-0.25, -0.2) is 4.98 Å². The normalized spacial score (nSPS) is 10.5. The molecule has 1 amide bonds. The van der Waals surface area contributed by atoms with Crippen molar-refractivity contribution in [1.29, 1.82) is 0 Å². The third kappa shape index (κ3) is 5.68. The molecule has 8 heteroatoms. The highest BCUT2D eigenvalue weighted by Gasteiger charge is 2.09. The summed E-state index contributed by atoms with van der Waals surface area (Å²) in [6.07, 6.45) is 0. The topological polar surface area (TPSA) is 99.8 Å². The number of H-pyrrole nitrogens is 1. The molecule has 1 aromatic heterocycles. The van der Waals surface area contributed by atoms with E-state index in [1.807, 2.05) is 25.1 Å². The molecule has 0 aliphatic rings. The van der Waals surface area contributed by atoms with Crippen LogP contribution in [0.1, 0.15) is 28.7 Å². The molecule has 0 saturated heterocycles. The Morgan fingerprint density at radius 2 is 1.89 bits per heavy atom. The average molecular weight is 395 g/mol. The Balaban J connectivity index is 1.45. The van der Waals surface area contributed by atoms with Crippen LogP contribution in [-0.2, 0) is 11.3 Å². The van der Waals surface area contributed by atoms with Crippen LogP contribution >= 0.6 is 11.8 Å². The molecule has 1 heterocycles. The number of benzene rings is 2.